The maximum atomic E-state index is 11.4. The first-order valence-corrected chi connectivity index (χ1v) is 12.7. The van der Waals surface area contributed by atoms with Gasteiger partial charge in [0.1, 0.15) is 11.0 Å². The van der Waals surface area contributed by atoms with E-state index < -0.39 is 6.10 Å². The zero-order chi connectivity index (χ0) is 32.4. The van der Waals surface area contributed by atoms with Gasteiger partial charge < -0.3 is 42.1 Å². The summed E-state index contributed by atoms with van der Waals surface area (Å²) in [4.78, 5) is 58.8. The van der Waals surface area contributed by atoms with Crippen molar-refractivity contribution < 1.29 is 15.3 Å². The van der Waals surface area contributed by atoms with Gasteiger partial charge in [-0.05, 0) is 24.7 Å². The van der Waals surface area contributed by atoms with Crippen molar-refractivity contribution in [3.63, 3.8) is 0 Å². The molecule has 0 fully saturated rings. The van der Waals surface area contributed by atoms with E-state index in [1.165, 1.54) is 48.0 Å². The van der Waals surface area contributed by atoms with Gasteiger partial charge in [0, 0.05) is 47.8 Å². The van der Waals surface area contributed by atoms with Gasteiger partial charge in [-0.15, -0.1) is 0 Å². The molecule has 0 saturated carbocycles. The lowest BCUT2D eigenvalue weighted by Crippen LogP contribution is -2.36. The molecule has 0 saturated heterocycles. The molecule has 0 radical (unpaired) electrons. The van der Waals surface area contributed by atoms with Gasteiger partial charge in [-0.25, -0.2) is 19.6 Å². The molecule has 0 unspecified atom stereocenters. The Balaban J connectivity index is 0.000000212. The van der Waals surface area contributed by atoms with Crippen LogP contribution < -0.4 is 39.3 Å². The Labute approximate surface area is 243 Å². The summed E-state index contributed by atoms with van der Waals surface area (Å²) in [6.45, 7) is 1.60. The van der Waals surface area contributed by atoms with Gasteiger partial charge >= 0.3 is 11.4 Å². The second kappa shape index (κ2) is 15.3. The maximum Gasteiger partial charge on any atom is 0.332 e. The number of benzene rings is 1. The summed E-state index contributed by atoms with van der Waals surface area (Å²) < 4.78 is 4.74. The molecule has 5 rings (SSSR count). The fraction of sp³-hybridized carbons (Fsp3) is 0.360. The highest BCUT2D eigenvalue weighted by molar-refractivity contribution is 5.69. The first-order valence-electron chi connectivity index (χ1n) is 12.7. The van der Waals surface area contributed by atoms with E-state index in [4.69, 9.17) is 21.7 Å². The van der Waals surface area contributed by atoms with Crippen LogP contribution in [0.2, 0.25) is 0 Å². The number of rotatable bonds is 4. The van der Waals surface area contributed by atoms with Crippen LogP contribution in [0.3, 0.4) is 0 Å². The van der Waals surface area contributed by atoms with E-state index in [1.54, 1.807) is 27.2 Å². The average molecular weight is 604 g/mol. The lowest BCUT2D eigenvalue weighted by Gasteiger charge is -2.10. The van der Waals surface area contributed by atoms with Gasteiger partial charge in [-0.3, -0.25) is 27.9 Å². The number of hydrogen-bond acceptors (Lipinski definition) is 12. The molecule has 0 aliphatic rings. The van der Waals surface area contributed by atoms with Crippen molar-refractivity contribution in [3.8, 4) is 11.5 Å². The number of aryl methyl sites for hydroxylation is 2. The SMILES string of the molecule is CNC[C@H](O)c1ccc(O)c(O)c1.Cn1c(=O)c2[nH]cnc2n(C)c1=O.Cn1c(=O)c2[nH]cnc2n(C)c1=O.NCCN. The van der Waals surface area contributed by atoms with Crippen LogP contribution in [0.15, 0.2) is 50.0 Å². The number of aliphatic hydroxyl groups excluding tert-OH is 1. The Morgan fingerprint density at radius 3 is 1.60 bits per heavy atom. The summed E-state index contributed by atoms with van der Waals surface area (Å²) in [7, 11) is 7.75. The molecule has 4 aromatic heterocycles. The third-order valence-corrected chi connectivity index (χ3v) is 6.01. The number of aromatic amines is 2. The zero-order valence-electron chi connectivity index (χ0n) is 24.4. The minimum atomic E-state index is -0.670. The number of imidazole rings is 2. The summed E-state index contributed by atoms with van der Waals surface area (Å²) in [5.41, 5.74) is 10.4. The number of nitrogens with one attached hydrogen (secondary N) is 3. The van der Waals surface area contributed by atoms with Crippen molar-refractivity contribution in [2.45, 2.75) is 6.10 Å². The molecule has 18 heteroatoms. The number of nitrogens with two attached hydrogens (primary N) is 2. The summed E-state index contributed by atoms with van der Waals surface area (Å²) in [5.74, 6) is -0.395. The predicted octanol–water partition coefficient (Wildman–Crippen LogP) is -2.82. The van der Waals surface area contributed by atoms with E-state index in [0.717, 1.165) is 9.13 Å². The van der Waals surface area contributed by atoms with Gasteiger partial charge in [-0.2, -0.15) is 0 Å². The summed E-state index contributed by atoms with van der Waals surface area (Å²) in [5, 5.41) is 30.4. The molecule has 0 aliphatic carbocycles. The predicted molar refractivity (Wildman–Crippen MR) is 160 cm³/mol. The fourth-order valence-electron chi connectivity index (χ4n) is 3.60. The molecule has 1 aromatic carbocycles. The summed E-state index contributed by atoms with van der Waals surface area (Å²) in [6.07, 6.45) is 2.12. The molecule has 43 heavy (non-hydrogen) atoms. The van der Waals surface area contributed by atoms with Crippen molar-refractivity contribution in [1.29, 1.82) is 0 Å². The molecule has 1 atom stereocenters. The topological polar surface area (TPSA) is 270 Å². The number of hydrogen-bond donors (Lipinski definition) is 8. The lowest BCUT2D eigenvalue weighted by molar-refractivity contribution is 0.177. The second-order valence-corrected chi connectivity index (χ2v) is 9.01. The summed E-state index contributed by atoms with van der Waals surface area (Å²) in [6, 6.07) is 4.26. The quantitative estimate of drug-likeness (QED) is 0.0966. The molecule has 234 valence electrons. The number of aromatic nitrogens is 8. The second-order valence-electron chi connectivity index (χ2n) is 9.01. The molecule has 0 aliphatic heterocycles. The van der Waals surface area contributed by atoms with Crippen molar-refractivity contribution >= 4 is 22.3 Å². The normalized spacial score (nSPS) is 11.2. The van der Waals surface area contributed by atoms with Crippen molar-refractivity contribution in [3.05, 3.63) is 78.1 Å². The number of likely N-dealkylation sites (N-methyl/N-ethyl adjacent to an activating group) is 1. The first kappa shape index (κ1) is 34.2. The molecule has 5 aromatic rings. The van der Waals surface area contributed by atoms with E-state index in [9.17, 15) is 24.3 Å². The highest BCUT2D eigenvalue weighted by atomic mass is 16.3. The molecule has 0 spiro atoms. The van der Waals surface area contributed by atoms with Crippen molar-refractivity contribution in [2.75, 3.05) is 26.7 Å². The average Bonchev–Trinajstić information content (AvgIpc) is 3.70. The number of H-pyrrole nitrogens is 2. The maximum absolute atomic E-state index is 11.4. The monoisotopic (exact) mass is 603 g/mol. The van der Waals surface area contributed by atoms with Crippen LogP contribution in [0.5, 0.6) is 11.5 Å². The smallest absolute Gasteiger partial charge is 0.332 e. The van der Waals surface area contributed by atoms with E-state index >= 15 is 0 Å². The Morgan fingerprint density at radius 1 is 0.791 bits per heavy atom. The Hall–Kier alpha value is -5.04. The Morgan fingerprint density at radius 2 is 1.23 bits per heavy atom. The van der Waals surface area contributed by atoms with Crippen molar-refractivity contribution in [2.24, 2.45) is 39.7 Å². The van der Waals surface area contributed by atoms with Gasteiger partial charge in [-0.1, -0.05) is 6.07 Å². The highest BCUT2D eigenvalue weighted by Crippen LogP contribution is 2.27. The van der Waals surface area contributed by atoms with Crippen LogP contribution in [-0.4, -0.2) is 80.2 Å². The molecule has 18 nitrogen and oxygen atoms in total. The zero-order valence-corrected chi connectivity index (χ0v) is 24.4. The van der Waals surface area contributed by atoms with Gasteiger partial charge in [0.05, 0.1) is 18.8 Å². The first-order chi connectivity index (χ1) is 20.3. The number of fused-ring (bicyclic) bond motifs is 2. The Kier molecular flexibility index (Phi) is 12.1. The van der Waals surface area contributed by atoms with E-state index in [1.807, 2.05) is 0 Å². The molecular weight excluding hydrogens is 566 g/mol. The van der Waals surface area contributed by atoms with Gasteiger partial charge in [0.25, 0.3) is 11.1 Å². The molecule has 10 N–H and O–H groups in total. The number of phenols is 2. The van der Waals surface area contributed by atoms with Gasteiger partial charge in [0.15, 0.2) is 22.8 Å². The Bertz CT molecular complexity index is 1790. The number of phenolic OH excluding ortho intramolecular Hbond substituents is 2. The molecule has 0 amide bonds. The van der Waals surface area contributed by atoms with Crippen LogP contribution in [0.25, 0.3) is 22.3 Å². The summed E-state index contributed by atoms with van der Waals surface area (Å²) >= 11 is 0. The van der Waals surface area contributed by atoms with Crippen LogP contribution in [0.1, 0.15) is 11.7 Å². The standard InChI is InChI=1S/C9H13NO3.2C7H8N4O2.C2H8N2/c1-10-5-9(13)6-2-3-7(11)8(12)4-6;2*1-10-5-4(8-3-9-5)6(12)11(2)7(10)13;3-1-2-4/h2-4,9-13H,5H2,1H3;2*3H,1-2H3,(H,8,9);1-4H2/t9-;;;/m0.../s1. The minimum Gasteiger partial charge on any atom is -0.504 e. The van der Waals surface area contributed by atoms with Crippen molar-refractivity contribution in [1.82, 2.24) is 43.5 Å². The number of aromatic hydroxyl groups is 2. The molecule has 0 bridgehead atoms. The highest BCUT2D eigenvalue weighted by Gasteiger charge is 2.10. The van der Waals surface area contributed by atoms with E-state index in [0.29, 0.717) is 47.5 Å². The fourth-order valence-corrected chi connectivity index (χ4v) is 3.60. The third-order valence-electron chi connectivity index (χ3n) is 6.01. The van der Waals surface area contributed by atoms with Crippen LogP contribution in [0.4, 0.5) is 0 Å². The minimum absolute atomic E-state index is 0.180. The van der Waals surface area contributed by atoms with Gasteiger partial charge in [0.2, 0.25) is 0 Å². The van der Waals surface area contributed by atoms with E-state index in [-0.39, 0.29) is 34.0 Å². The lowest BCUT2D eigenvalue weighted by atomic mass is 10.1. The van der Waals surface area contributed by atoms with Crippen LogP contribution >= 0.6 is 0 Å². The molecule has 4 heterocycles. The third kappa shape index (κ3) is 7.83. The van der Waals surface area contributed by atoms with Crippen LogP contribution in [-0.2, 0) is 28.2 Å². The number of nitrogens with zero attached hydrogens (tertiary/aromatic N) is 6. The van der Waals surface area contributed by atoms with E-state index in [2.05, 4.69) is 25.3 Å². The molecular formula is C25H37N11O7. The van der Waals surface area contributed by atoms with Crippen LogP contribution in [0, 0.1) is 0 Å². The largest absolute Gasteiger partial charge is 0.504 e. The number of aliphatic hydroxyl groups is 1.